The number of carboxylic acid groups (broad SMARTS) is 3. The maximum Gasteiger partial charge on any atom is 0.307 e. The number of carboxylic acids is 3. The summed E-state index contributed by atoms with van der Waals surface area (Å²) in [6, 6.07) is 60.3. The van der Waals surface area contributed by atoms with E-state index in [0.717, 1.165) is 41.6 Å². The Morgan fingerprint density at radius 1 is 0.429 bits per heavy atom. The first-order chi connectivity index (χ1) is 28.9. The molecule has 9 nitrogen and oxygen atoms in total. The molecule has 3 aromatic heterocycles. The first-order valence-corrected chi connectivity index (χ1v) is 19.3. The number of aromatic nitrogens is 3. The first-order valence-electron chi connectivity index (χ1n) is 19.3. The molecule has 3 N–H and O–H groups in total. The third-order valence-corrected chi connectivity index (χ3v) is 9.63. The van der Waals surface area contributed by atoms with Crippen molar-refractivity contribution in [1.82, 2.24) is 13.7 Å². The molecule has 0 aliphatic carbocycles. The molecule has 0 saturated heterocycles. The normalized spacial score (nSPS) is 9.73. The third-order valence-electron chi connectivity index (χ3n) is 9.63. The van der Waals surface area contributed by atoms with E-state index < -0.39 is 17.9 Å². The average molecular weight is 848 g/mol. The van der Waals surface area contributed by atoms with E-state index in [2.05, 4.69) is 137 Å². The van der Waals surface area contributed by atoms with Gasteiger partial charge in [-0.05, 0) is 52.6 Å². The van der Waals surface area contributed by atoms with E-state index >= 15 is 0 Å². The molecule has 6 aromatic carbocycles. The molecule has 0 fully saturated rings. The molecule has 9 aromatic rings. The fourth-order valence-electron chi connectivity index (χ4n) is 7.12. The van der Waals surface area contributed by atoms with Gasteiger partial charge in [-0.1, -0.05) is 168 Å². The number of fused-ring (bicyclic) bond motifs is 3. The van der Waals surface area contributed by atoms with E-state index in [-0.39, 0.29) is 28.7 Å². The molecule has 0 spiro atoms. The van der Waals surface area contributed by atoms with Crippen LogP contribution in [0.4, 0.5) is 0 Å². The molecule has 63 heavy (non-hydrogen) atoms. The van der Waals surface area contributed by atoms with Gasteiger partial charge in [0.2, 0.25) is 0 Å². The maximum absolute atomic E-state index is 11.2. The highest BCUT2D eigenvalue weighted by Gasteiger charge is 2.18. The summed E-state index contributed by atoms with van der Waals surface area (Å²) in [4.78, 5) is 29.2. The minimum absolute atomic E-state index is 0. The second-order valence-corrected chi connectivity index (χ2v) is 13.9. The smallest absolute Gasteiger partial charge is 0.307 e. The number of rotatable bonds is 5. The van der Waals surface area contributed by atoms with Crippen LogP contribution in [0, 0.1) is 0 Å². The minimum Gasteiger partial charge on any atom is -0.481 e. The van der Waals surface area contributed by atoms with Crippen LogP contribution >= 0.6 is 0 Å². The van der Waals surface area contributed by atoms with Crippen molar-refractivity contribution in [3.8, 4) is 33.8 Å². The molecular formula is C54H61N3O6. The van der Waals surface area contributed by atoms with Crippen molar-refractivity contribution in [2.24, 2.45) is 21.1 Å². The van der Waals surface area contributed by atoms with Gasteiger partial charge in [-0.25, -0.2) is 0 Å². The van der Waals surface area contributed by atoms with Gasteiger partial charge >= 0.3 is 5.97 Å². The van der Waals surface area contributed by atoms with E-state index in [1.165, 1.54) is 44.3 Å². The predicted octanol–water partition coefficient (Wildman–Crippen LogP) is 13.3. The van der Waals surface area contributed by atoms with Crippen LogP contribution in [-0.4, -0.2) is 46.9 Å². The molecule has 0 aliphatic rings. The van der Waals surface area contributed by atoms with Crippen molar-refractivity contribution < 1.29 is 29.7 Å². The highest BCUT2D eigenvalue weighted by molar-refractivity contribution is 5.95. The summed E-state index contributed by atoms with van der Waals surface area (Å²) in [7, 11) is 6.21. The number of hydrogen-bond acceptors (Lipinski definition) is 3. The Morgan fingerprint density at radius 2 is 0.746 bits per heavy atom. The standard InChI is InChI=1S/C17H15NO2.2C15H13N.2C2H4O2.3CH4/c1-18-15-10-6-5-9-13(15)14(11-16(19)20)17(18)12-7-3-2-4-8-12;2*1-16-14-10-6-5-9-13(14)11-15(16)12-7-3-2-4-8-12;2*1-2(3)4;;;/h2-10H,11H2,1H3,(H,19,20);2*2-11H,1H3;2*1H3,(H,3,4);3*1H4. The first kappa shape index (κ1) is 51.5. The van der Waals surface area contributed by atoms with Crippen molar-refractivity contribution in [3.63, 3.8) is 0 Å². The number of carbonyl (C=O) groups is 3. The molecule has 0 saturated carbocycles. The van der Waals surface area contributed by atoms with E-state index in [9.17, 15) is 9.90 Å². The Labute approximate surface area is 371 Å². The average Bonchev–Trinajstić information content (AvgIpc) is 3.87. The highest BCUT2D eigenvalue weighted by atomic mass is 16.4. The third kappa shape index (κ3) is 13.4. The van der Waals surface area contributed by atoms with Crippen molar-refractivity contribution >= 4 is 50.6 Å². The lowest BCUT2D eigenvalue weighted by Gasteiger charge is -2.07. The summed E-state index contributed by atoms with van der Waals surface area (Å²) in [6.45, 7) is 2.17. The van der Waals surface area contributed by atoms with Gasteiger partial charge < -0.3 is 29.0 Å². The minimum atomic E-state index is -0.833. The summed E-state index contributed by atoms with van der Waals surface area (Å²) >= 11 is 0. The number of aliphatic carboxylic acids is 3. The van der Waals surface area contributed by atoms with Gasteiger partial charge in [-0.3, -0.25) is 14.4 Å². The van der Waals surface area contributed by atoms with Gasteiger partial charge in [-0.2, -0.15) is 0 Å². The van der Waals surface area contributed by atoms with Crippen LogP contribution < -0.4 is 0 Å². The lowest BCUT2D eigenvalue weighted by atomic mass is 10.0. The number of para-hydroxylation sites is 3. The number of aryl methyl sites for hydroxylation is 3. The van der Waals surface area contributed by atoms with Crippen LogP contribution in [-0.2, 0) is 41.9 Å². The van der Waals surface area contributed by atoms with E-state index in [1.54, 1.807) is 0 Å². The summed E-state index contributed by atoms with van der Waals surface area (Å²) in [5.74, 6) is -2.47. The van der Waals surface area contributed by atoms with Gasteiger partial charge in [-0.15, -0.1) is 0 Å². The number of benzene rings is 6. The van der Waals surface area contributed by atoms with E-state index in [4.69, 9.17) is 19.8 Å². The fraction of sp³-hybridized carbons (Fsp3) is 0.167. The Balaban J connectivity index is 0.000000294. The highest BCUT2D eigenvalue weighted by Crippen LogP contribution is 2.33. The van der Waals surface area contributed by atoms with Crippen LogP contribution in [0.3, 0.4) is 0 Å². The Bertz CT molecular complexity index is 2680. The summed E-state index contributed by atoms with van der Waals surface area (Å²) < 4.78 is 6.55. The number of hydrogen-bond donors (Lipinski definition) is 3. The molecule has 0 bridgehead atoms. The fourth-order valence-corrected chi connectivity index (χ4v) is 7.12. The zero-order chi connectivity index (χ0) is 43.2. The lowest BCUT2D eigenvalue weighted by Crippen LogP contribution is -2.02. The molecule has 0 unspecified atom stereocenters. The Kier molecular flexibility index (Phi) is 20.1. The Hall–Kier alpha value is -7.65. The van der Waals surface area contributed by atoms with Crippen LogP contribution in [0.1, 0.15) is 41.7 Å². The summed E-state index contributed by atoms with van der Waals surface area (Å²) in [5, 5.41) is 27.6. The zero-order valence-electron chi connectivity index (χ0n) is 34.4. The summed E-state index contributed by atoms with van der Waals surface area (Å²) in [5.41, 5.74) is 11.6. The maximum atomic E-state index is 11.2. The van der Waals surface area contributed by atoms with Gasteiger partial charge in [0.1, 0.15) is 0 Å². The predicted molar refractivity (Wildman–Crippen MR) is 263 cm³/mol. The molecular weight excluding hydrogens is 787 g/mol. The zero-order valence-corrected chi connectivity index (χ0v) is 34.4. The SMILES string of the molecule is C.C.C.CC(=O)O.CC(=O)O.Cn1c(-c2ccccc2)c(CC(=O)O)c2ccccc21.Cn1c(-c2ccccc2)cc2ccccc21.Cn1c(-c2ccccc2)cc2ccccc21. The molecule has 0 amide bonds. The monoisotopic (exact) mass is 847 g/mol. The number of nitrogens with zero attached hydrogens (tertiary/aromatic N) is 3. The van der Waals surface area contributed by atoms with Crippen molar-refractivity contribution in [2.75, 3.05) is 0 Å². The molecule has 0 aliphatic heterocycles. The molecule has 9 rings (SSSR count). The van der Waals surface area contributed by atoms with Crippen LogP contribution in [0.5, 0.6) is 0 Å². The molecule has 328 valence electrons. The van der Waals surface area contributed by atoms with Crippen molar-refractivity contribution in [3.05, 3.63) is 181 Å². The van der Waals surface area contributed by atoms with E-state index in [0.29, 0.717) is 0 Å². The van der Waals surface area contributed by atoms with Crippen LogP contribution in [0.25, 0.3) is 66.5 Å². The quantitative estimate of drug-likeness (QED) is 0.158. The molecule has 3 heterocycles. The largest absolute Gasteiger partial charge is 0.481 e. The van der Waals surface area contributed by atoms with Crippen molar-refractivity contribution in [1.29, 1.82) is 0 Å². The van der Waals surface area contributed by atoms with Gasteiger partial charge in [0, 0.05) is 79.1 Å². The molecule has 0 atom stereocenters. The molecule has 9 heteroatoms. The topological polar surface area (TPSA) is 127 Å². The molecule has 0 radical (unpaired) electrons. The van der Waals surface area contributed by atoms with Gasteiger partial charge in [0.15, 0.2) is 0 Å². The van der Waals surface area contributed by atoms with Crippen molar-refractivity contribution in [2.45, 2.75) is 42.5 Å². The Morgan fingerprint density at radius 3 is 1.11 bits per heavy atom. The van der Waals surface area contributed by atoms with Crippen LogP contribution in [0.15, 0.2) is 176 Å². The van der Waals surface area contributed by atoms with Gasteiger partial charge in [0.25, 0.3) is 11.9 Å². The second kappa shape index (κ2) is 24.6. The lowest BCUT2D eigenvalue weighted by molar-refractivity contribution is -0.136. The summed E-state index contributed by atoms with van der Waals surface area (Å²) in [6.07, 6.45) is 0.0333. The van der Waals surface area contributed by atoms with Crippen LogP contribution in [0.2, 0.25) is 0 Å². The second-order valence-electron chi connectivity index (χ2n) is 13.9. The van der Waals surface area contributed by atoms with E-state index in [1.807, 2.05) is 73.8 Å². The van der Waals surface area contributed by atoms with Gasteiger partial charge in [0.05, 0.1) is 12.1 Å².